The quantitative estimate of drug-likeness (QED) is 0.549. The van der Waals surface area contributed by atoms with Gasteiger partial charge >= 0.3 is 0 Å². The Morgan fingerprint density at radius 3 is 2.33 bits per heavy atom. The normalized spacial score (nSPS) is 33.5. The van der Waals surface area contributed by atoms with Gasteiger partial charge in [0.05, 0.1) is 19.3 Å². The number of rotatable bonds is 7. The third-order valence-corrected chi connectivity index (χ3v) is 9.01. The molecule has 33 heavy (non-hydrogen) atoms. The predicted molar refractivity (Wildman–Crippen MR) is 126 cm³/mol. The minimum Gasteiger partial charge on any atom is -0.376 e. The van der Waals surface area contributed by atoms with E-state index in [9.17, 15) is 9.59 Å². The molecule has 1 aromatic rings. The van der Waals surface area contributed by atoms with Crippen LogP contribution in [0.15, 0.2) is 30.3 Å². The van der Waals surface area contributed by atoms with Gasteiger partial charge in [-0.3, -0.25) is 25.3 Å². The van der Waals surface area contributed by atoms with Crippen LogP contribution in [-0.2, 0) is 19.9 Å². The van der Waals surface area contributed by atoms with Gasteiger partial charge < -0.3 is 10.1 Å². The van der Waals surface area contributed by atoms with Gasteiger partial charge in [-0.2, -0.15) is 0 Å². The molecule has 2 aliphatic carbocycles. The lowest BCUT2D eigenvalue weighted by Gasteiger charge is -2.49. The van der Waals surface area contributed by atoms with Crippen molar-refractivity contribution in [2.24, 2.45) is 5.92 Å². The van der Waals surface area contributed by atoms with Crippen LogP contribution in [-0.4, -0.2) is 61.0 Å². The molecule has 2 aliphatic heterocycles. The van der Waals surface area contributed by atoms with Gasteiger partial charge in [0, 0.05) is 17.5 Å². The summed E-state index contributed by atoms with van der Waals surface area (Å²) in [6.45, 7) is 0.910. The van der Waals surface area contributed by atoms with E-state index in [0.29, 0.717) is 25.6 Å². The molecule has 7 heteroatoms. The molecule has 0 radical (unpaired) electrons. The van der Waals surface area contributed by atoms with Crippen molar-refractivity contribution in [1.82, 2.24) is 21.1 Å². The first kappa shape index (κ1) is 23.0. The van der Waals surface area contributed by atoms with Gasteiger partial charge in [0.15, 0.2) is 0 Å². The molecule has 180 valence electrons. The van der Waals surface area contributed by atoms with E-state index in [4.69, 9.17) is 4.74 Å². The molecule has 0 bridgehead atoms. The van der Waals surface area contributed by atoms with E-state index in [1.807, 2.05) is 0 Å². The minimum atomic E-state index is -0.502. The lowest BCUT2D eigenvalue weighted by molar-refractivity contribution is -0.147. The Kier molecular flexibility index (Phi) is 6.10. The van der Waals surface area contributed by atoms with Crippen molar-refractivity contribution < 1.29 is 14.3 Å². The number of nitrogens with one attached hydrogen (secondary N) is 3. The maximum Gasteiger partial charge on any atom is 0.288 e. The van der Waals surface area contributed by atoms with Crippen LogP contribution in [0.1, 0.15) is 63.4 Å². The van der Waals surface area contributed by atoms with Crippen LogP contribution in [0.5, 0.6) is 0 Å². The van der Waals surface area contributed by atoms with E-state index in [2.05, 4.69) is 65.5 Å². The molecule has 2 heterocycles. The molecule has 1 spiro atoms. The Hall–Kier alpha value is -1.80. The summed E-state index contributed by atoms with van der Waals surface area (Å²) in [5.74, 6) is -0.314. The van der Waals surface area contributed by atoms with Crippen molar-refractivity contribution in [2.45, 2.75) is 80.4 Å². The summed E-state index contributed by atoms with van der Waals surface area (Å²) < 4.78 is 5.54. The van der Waals surface area contributed by atoms with Crippen molar-refractivity contribution in [3.8, 4) is 0 Å². The van der Waals surface area contributed by atoms with Crippen molar-refractivity contribution in [1.29, 1.82) is 0 Å². The fraction of sp³-hybridized carbons (Fsp3) is 0.692. The Labute approximate surface area is 197 Å². The zero-order valence-corrected chi connectivity index (χ0v) is 20.0. The molecule has 5 rings (SSSR count). The van der Waals surface area contributed by atoms with E-state index in [0.717, 1.165) is 44.9 Å². The predicted octanol–water partition coefficient (Wildman–Crippen LogP) is 2.27. The average Bonchev–Trinajstić information content (AvgIpc) is 3.18. The first-order chi connectivity index (χ1) is 15.9. The number of hydrazine groups is 1. The number of Topliss-reactive ketones (excluding diaryl/α,β-unsaturated/α-hetero) is 1. The highest BCUT2D eigenvalue weighted by molar-refractivity contribution is 6.36. The van der Waals surface area contributed by atoms with Gasteiger partial charge in [-0.1, -0.05) is 36.8 Å². The zero-order chi connectivity index (χ0) is 23.1. The molecule has 7 nitrogen and oxygen atoms in total. The van der Waals surface area contributed by atoms with Crippen LogP contribution < -0.4 is 16.2 Å². The minimum absolute atomic E-state index is 0.00220. The van der Waals surface area contributed by atoms with Gasteiger partial charge in [-0.15, -0.1) is 0 Å². The fourth-order valence-electron chi connectivity index (χ4n) is 6.31. The first-order valence-corrected chi connectivity index (χ1v) is 12.6. The number of ketones is 1. The molecule has 4 fully saturated rings. The van der Waals surface area contributed by atoms with Crippen LogP contribution in [0.25, 0.3) is 0 Å². The lowest BCUT2D eigenvalue weighted by Crippen LogP contribution is -2.72. The average molecular weight is 455 g/mol. The van der Waals surface area contributed by atoms with Crippen molar-refractivity contribution in [3.05, 3.63) is 35.9 Å². The van der Waals surface area contributed by atoms with Gasteiger partial charge in [-0.25, -0.2) is 0 Å². The highest BCUT2D eigenvalue weighted by Gasteiger charge is 2.55. The third kappa shape index (κ3) is 4.14. The standard InChI is InChI=1S/C26H38N4O3/c1-30(2)26(20-9-4-3-5-10-20)13-11-24(12-14-26)16-22(28-29-24)25(17-33-18-25)27-23(32)21(31)15-19-7-6-8-19/h3-5,9-10,19,22,28-29H,6-8,11-18H2,1-2H3,(H,27,32)/t22-,24?,26?/m0/s1. The monoisotopic (exact) mass is 454 g/mol. The Bertz CT molecular complexity index is 871. The molecule has 3 N–H and O–H groups in total. The number of benzene rings is 1. The number of carbonyl (C=O) groups excluding carboxylic acids is 2. The molecule has 4 aliphatic rings. The number of ether oxygens (including phenoxy) is 1. The van der Waals surface area contributed by atoms with E-state index in [-0.39, 0.29) is 22.9 Å². The van der Waals surface area contributed by atoms with Crippen molar-refractivity contribution in [2.75, 3.05) is 27.3 Å². The largest absolute Gasteiger partial charge is 0.376 e. The first-order valence-electron chi connectivity index (χ1n) is 12.6. The molecular formula is C26H38N4O3. The summed E-state index contributed by atoms with van der Waals surface area (Å²) in [5.41, 5.74) is 8.04. The van der Waals surface area contributed by atoms with Gasteiger partial charge in [0.1, 0.15) is 5.54 Å². The summed E-state index contributed by atoms with van der Waals surface area (Å²) in [6, 6.07) is 10.9. The summed E-state index contributed by atoms with van der Waals surface area (Å²) in [5, 5.41) is 3.08. The van der Waals surface area contributed by atoms with Crippen LogP contribution in [0.3, 0.4) is 0 Å². The maximum atomic E-state index is 12.7. The van der Waals surface area contributed by atoms with E-state index in [1.165, 1.54) is 12.0 Å². The summed E-state index contributed by atoms with van der Waals surface area (Å²) in [7, 11) is 4.37. The second kappa shape index (κ2) is 8.77. The number of hydrogen-bond acceptors (Lipinski definition) is 6. The molecule has 1 atom stereocenters. The Balaban J connectivity index is 1.23. The second-order valence-corrected chi connectivity index (χ2v) is 11.1. The van der Waals surface area contributed by atoms with Gasteiger partial charge in [0.2, 0.25) is 5.78 Å². The molecule has 1 amide bonds. The lowest BCUT2D eigenvalue weighted by atomic mass is 9.66. The molecular weight excluding hydrogens is 416 g/mol. The fourth-order valence-corrected chi connectivity index (χ4v) is 6.31. The highest BCUT2D eigenvalue weighted by atomic mass is 16.5. The van der Waals surface area contributed by atoms with Crippen LogP contribution in [0, 0.1) is 5.92 Å². The van der Waals surface area contributed by atoms with Gasteiger partial charge in [-0.05, 0) is 70.5 Å². The Morgan fingerprint density at radius 1 is 1.09 bits per heavy atom. The summed E-state index contributed by atoms with van der Waals surface area (Å²) in [4.78, 5) is 27.5. The number of carbonyl (C=O) groups is 2. The molecule has 0 unspecified atom stereocenters. The maximum absolute atomic E-state index is 12.7. The van der Waals surface area contributed by atoms with Crippen LogP contribution in [0.4, 0.5) is 0 Å². The highest BCUT2D eigenvalue weighted by Crippen LogP contribution is 2.47. The van der Waals surface area contributed by atoms with Crippen molar-refractivity contribution >= 4 is 11.7 Å². The molecule has 0 aromatic heterocycles. The number of nitrogens with zero attached hydrogens (tertiary/aromatic N) is 1. The molecule has 2 saturated carbocycles. The van der Waals surface area contributed by atoms with Crippen molar-refractivity contribution in [3.63, 3.8) is 0 Å². The third-order valence-electron chi connectivity index (χ3n) is 9.01. The summed E-state index contributed by atoms with van der Waals surface area (Å²) in [6.07, 6.45) is 8.87. The van der Waals surface area contributed by atoms with E-state index in [1.54, 1.807) is 0 Å². The van der Waals surface area contributed by atoms with E-state index < -0.39 is 11.4 Å². The second-order valence-electron chi connectivity index (χ2n) is 11.1. The van der Waals surface area contributed by atoms with E-state index >= 15 is 0 Å². The van der Waals surface area contributed by atoms with Gasteiger partial charge in [0.25, 0.3) is 5.91 Å². The SMILES string of the molecule is CN(C)C1(c2ccccc2)CCC2(CC1)C[C@@H](C1(NC(=O)C(=O)CC3CCC3)COC1)NN2. The summed E-state index contributed by atoms with van der Waals surface area (Å²) >= 11 is 0. The zero-order valence-electron chi connectivity index (χ0n) is 20.0. The number of hydrogen-bond donors (Lipinski definition) is 3. The molecule has 2 saturated heterocycles. The Morgan fingerprint density at radius 2 is 1.79 bits per heavy atom. The number of amides is 1. The van der Waals surface area contributed by atoms with Crippen LogP contribution >= 0.6 is 0 Å². The smallest absolute Gasteiger partial charge is 0.288 e. The topological polar surface area (TPSA) is 82.7 Å². The molecule has 1 aromatic carbocycles. The van der Waals surface area contributed by atoms with Crippen LogP contribution in [0.2, 0.25) is 0 Å².